The van der Waals surface area contributed by atoms with Crippen LogP contribution in [0, 0.1) is 0 Å². The first kappa shape index (κ1) is 25.8. The van der Waals surface area contributed by atoms with Crippen molar-refractivity contribution < 1.29 is 9.47 Å². The van der Waals surface area contributed by atoms with E-state index in [-0.39, 0.29) is 5.41 Å². The van der Waals surface area contributed by atoms with Crippen molar-refractivity contribution >= 4 is 86.9 Å². The SMILES string of the molecule is CC(C)(Cl)Oc1c(Br)cc(C(C)(C)c2cc(Br)c(OC(C)(C)Cl)c(Br)c2)cc1Br. The summed E-state index contributed by atoms with van der Waals surface area (Å²) in [5.41, 5.74) is 1.89. The van der Waals surface area contributed by atoms with Crippen molar-refractivity contribution in [3.8, 4) is 11.5 Å². The van der Waals surface area contributed by atoms with Crippen molar-refractivity contribution in [1.29, 1.82) is 0 Å². The minimum absolute atomic E-state index is 0.305. The zero-order chi connectivity index (χ0) is 22.4. The summed E-state index contributed by atoms with van der Waals surface area (Å²) in [4.78, 5) is 0. The zero-order valence-corrected chi connectivity index (χ0v) is 24.7. The molecule has 0 saturated heterocycles. The normalized spacial score (nSPS) is 12.8. The van der Waals surface area contributed by atoms with E-state index < -0.39 is 10.1 Å². The third kappa shape index (κ3) is 6.76. The van der Waals surface area contributed by atoms with Gasteiger partial charge in [0.05, 0.1) is 17.9 Å². The van der Waals surface area contributed by atoms with Crippen molar-refractivity contribution in [1.82, 2.24) is 0 Å². The van der Waals surface area contributed by atoms with Gasteiger partial charge in [-0.1, -0.05) is 37.0 Å². The maximum absolute atomic E-state index is 6.24. The summed E-state index contributed by atoms with van der Waals surface area (Å²) in [6.45, 7) is 11.5. The minimum Gasteiger partial charge on any atom is -0.470 e. The lowest BCUT2D eigenvalue weighted by Gasteiger charge is -2.30. The van der Waals surface area contributed by atoms with Crippen LogP contribution < -0.4 is 9.47 Å². The lowest BCUT2D eigenvalue weighted by molar-refractivity contribution is 0.196. The highest BCUT2D eigenvalue weighted by Gasteiger charge is 2.29. The van der Waals surface area contributed by atoms with Crippen molar-refractivity contribution in [3.63, 3.8) is 0 Å². The van der Waals surface area contributed by atoms with Crippen LogP contribution in [0.5, 0.6) is 11.5 Å². The smallest absolute Gasteiger partial charge is 0.177 e. The largest absolute Gasteiger partial charge is 0.470 e. The molecule has 0 fully saturated rings. The molecule has 2 nitrogen and oxygen atoms in total. The van der Waals surface area contributed by atoms with E-state index in [1.54, 1.807) is 27.7 Å². The van der Waals surface area contributed by atoms with Crippen LogP contribution in [0.15, 0.2) is 42.2 Å². The molecule has 0 amide bonds. The van der Waals surface area contributed by atoms with Crippen molar-refractivity contribution in [2.24, 2.45) is 0 Å². The molecule has 8 heteroatoms. The first-order valence-electron chi connectivity index (χ1n) is 8.76. The van der Waals surface area contributed by atoms with Crippen molar-refractivity contribution in [2.75, 3.05) is 0 Å². The molecule has 2 rings (SSSR count). The van der Waals surface area contributed by atoms with Gasteiger partial charge in [0.15, 0.2) is 10.1 Å². The van der Waals surface area contributed by atoms with Gasteiger partial charge in [0.25, 0.3) is 0 Å². The Hall–Kier alpha value is 0.540. The third-order valence-corrected chi connectivity index (χ3v) is 6.64. The number of halogens is 6. The number of ether oxygens (including phenoxy) is 2. The Labute approximate surface area is 216 Å². The lowest BCUT2D eigenvalue weighted by Crippen LogP contribution is -2.22. The maximum atomic E-state index is 6.24. The Morgan fingerprint density at radius 2 is 0.828 bits per heavy atom. The number of benzene rings is 2. The van der Waals surface area contributed by atoms with E-state index >= 15 is 0 Å². The van der Waals surface area contributed by atoms with Gasteiger partial charge in [-0.2, -0.15) is 0 Å². The Balaban J connectivity index is 2.50. The van der Waals surface area contributed by atoms with E-state index in [4.69, 9.17) is 32.7 Å². The van der Waals surface area contributed by atoms with E-state index in [9.17, 15) is 0 Å². The van der Waals surface area contributed by atoms with Gasteiger partial charge >= 0.3 is 0 Å². The predicted molar refractivity (Wildman–Crippen MR) is 137 cm³/mol. The highest BCUT2D eigenvalue weighted by atomic mass is 79.9. The average molecular weight is 697 g/mol. The maximum Gasteiger partial charge on any atom is 0.177 e. The summed E-state index contributed by atoms with van der Waals surface area (Å²) < 4.78 is 15.0. The standard InChI is InChI=1S/C21H22Br4Cl2O2/c1-19(2,11-7-13(22)17(14(23)8-11)28-20(3,4)26)12-9-15(24)18(16(25)10-12)29-21(5,6)27/h7-10H,1-6H3. The fraction of sp³-hybridized carbons (Fsp3) is 0.429. The summed E-state index contributed by atoms with van der Waals surface area (Å²) in [6.07, 6.45) is 0. The van der Waals surface area contributed by atoms with Crippen LogP contribution in [-0.4, -0.2) is 10.1 Å². The fourth-order valence-electron chi connectivity index (χ4n) is 2.69. The molecule has 0 spiro atoms. The van der Waals surface area contributed by atoms with Gasteiger partial charge in [-0.05, 0) is 127 Å². The van der Waals surface area contributed by atoms with Gasteiger partial charge in [-0.25, -0.2) is 0 Å². The van der Waals surface area contributed by atoms with E-state index in [1.165, 1.54) is 0 Å². The Morgan fingerprint density at radius 1 is 0.586 bits per heavy atom. The lowest BCUT2D eigenvalue weighted by atomic mass is 9.78. The third-order valence-electron chi connectivity index (χ3n) is 4.13. The van der Waals surface area contributed by atoms with E-state index in [2.05, 4.69) is 102 Å². The van der Waals surface area contributed by atoms with Crippen LogP contribution in [0.1, 0.15) is 52.7 Å². The Kier molecular flexibility index (Phi) is 8.17. The molecule has 0 heterocycles. The highest BCUT2D eigenvalue weighted by Crippen LogP contribution is 2.45. The van der Waals surface area contributed by atoms with E-state index in [1.807, 2.05) is 0 Å². The van der Waals surface area contributed by atoms with Gasteiger partial charge in [0.2, 0.25) is 0 Å². The number of hydrogen-bond donors (Lipinski definition) is 0. The highest BCUT2D eigenvalue weighted by molar-refractivity contribution is 9.11. The molecule has 160 valence electrons. The molecule has 0 radical (unpaired) electrons. The minimum atomic E-state index is -0.816. The van der Waals surface area contributed by atoms with Crippen LogP contribution in [0.25, 0.3) is 0 Å². The molecule has 2 aromatic carbocycles. The predicted octanol–water partition coefficient (Wildman–Crippen LogP) is 9.77. The van der Waals surface area contributed by atoms with Gasteiger partial charge in [-0.15, -0.1) is 0 Å². The monoisotopic (exact) mass is 692 g/mol. The second-order valence-electron chi connectivity index (χ2n) is 8.09. The van der Waals surface area contributed by atoms with Gasteiger partial charge in [-0.3, -0.25) is 0 Å². The van der Waals surface area contributed by atoms with Crippen LogP contribution in [-0.2, 0) is 5.41 Å². The first-order chi connectivity index (χ1) is 13.0. The quantitative estimate of drug-likeness (QED) is 0.280. The van der Waals surface area contributed by atoms with Crippen molar-refractivity contribution in [3.05, 3.63) is 53.3 Å². The van der Waals surface area contributed by atoms with Crippen molar-refractivity contribution in [2.45, 2.75) is 57.1 Å². The van der Waals surface area contributed by atoms with E-state index in [0.717, 1.165) is 29.0 Å². The molecule has 0 N–H and O–H groups in total. The Morgan fingerprint density at radius 3 is 1.03 bits per heavy atom. The van der Waals surface area contributed by atoms with Crippen LogP contribution >= 0.6 is 86.9 Å². The molecular formula is C21H22Br4Cl2O2. The molecule has 0 unspecified atom stereocenters. The first-order valence-corrected chi connectivity index (χ1v) is 12.7. The summed E-state index contributed by atoms with van der Waals surface area (Å²) in [5, 5.41) is -1.63. The molecule has 0 atom stereocenters. The van der Waals surface area contributed by atoms with Crippen LogP contribution in [0.4, 0.5) is 0 Å². The summed E-state index contributed by atoms with van der Waals surface area (Å²) >= 11 is 27.0. The summed E-state index contributed by atoms with van der Waals surface area (Å²) in [7, 11) is 0. The molecule has 2 aromatic rings. The fourth-order valence-corrected chi connectivity index (χ4v) is 5.54. The molecule has 0 aliphatic rings. The molecular weight excluding hydrogens is 675 g/mol. The number of hydrogen-bond acceptors (Lipinski definition) is 2. The molecule has 0 aliphatic heterocycles. The van der Waals surface area contributed by atoms with Gasteiger partial charge in [0, 0.05) is 5.41 Å². The molecule has 0 saturated carbocycles. The Bertz CT molecular complexity index is 796. The van der Waals surface area contributed by atoms with Crippen LogP contribution in [0.2, 0.25) is 0 Å². The topological polar surface area (TPSA) is 18.5 Å². The van der Waals surface area contributed by atoms with Gasteiger partial charge in [0.1, 0.15) is 11.5 Å². The number of rotatable bonds is 6. The zero-order valence-electron chi connectivity index (χ0n) is 16.9. The van der Waals surface area contributed by atoms with Gasteiger partial charge < -0.3 is 9.47 Å². The second-order valence-corrected chi connectivity index (χ2v) is 13.3. The molecule has 0 aromatic heterocycles. The summed E-state index contributed by atoms with van der Waals surface area (Å²) in [6, 6.07) is 8.21. The average Bonchev–Trinajstić information content (AvgIpc) is 2.52. The second kappa shape index (κ2) is 9.19. The molecule has 0 aliphatic carbocycles. The summed E-state index contributed by atoms with van der Waals surface area (Å²) in [5.74, 6) is 1.33. The van der Waals surface area contributed by atoms with E-state index in [0.29, 0.717) is 11.5 Å². The number of alkyl halides is 2. The molecule has 29 heavy (non-hydrogen) atoms. The van der Waals surface area contributed by atoms with Crippen LogP contribution in [0.3, 0.4) is 0 Å². The molecule has 0 bridgehead atoms.